The Morgan fingerprint density at radius 2 is 2.19 bits per heavy atom. The number of rotatable bonds is 5. The van der Waals surface area contributed by atoms with Gasteiger partial charge in [0.25, 0.3) is 0 Å². The zero-order valence-electron chi connectivity index (χ0n) is 8.05. The van der Waals surface area contributed by atoms with Gasteiger partial charge in [-0.3, -0.25) is 4.79 Å². The summed E-state index contributed by atoms with van der Waals surface area (Å²) in [5.74, 6) is -0.679. The van der Waals surface area contributed by atoms with Crippen molar-refractivity contribution in [2.24, 2.45) is 0 Å². The molecule has 0 saturated carbocycles. The van der Waals surface area contributed by atoms with E-state index in [1.165, 1.54) is 18.2 Å². The highest BCUT2D eigenvalue weighted by Gasteiger charge is 2.07. The third kappa shape index (κ3) is 3.80. The molecule has 0 bridgehead atoms. The normalized spacial score (nSPS) is 12.1. The second-order valence-corrected chi connectivity index (χ2v) is 4.21. The molecule has 0 spiro atoms. The Bertz CT molecular complexity index is 420. The van der Waals surface area contributed by atoms with Crippen LogP contribution in [0.4, 0.5) is 0 Å². The summed E-state index contributed by atoms with van der Waals surface area (Å²) < 4.78 is 24.6. The fraction of sp³-hybridized carbons (Fsp3) is 0.222. The number of hydrogen-bond donors (Lipinski definition) is 2. The molecule has 0 aliphatic heterocycles. The largest absolute Gasteiger partial charge is 0.491 e. The molecule has 1 aromatic carbocycles. The SMILES string of the molecule is O=C(O)CCOc1ccc(S(=O)O)cc1Cl. The standard InChI is InChI=1S/C9H9ClO5S/c10-7-5-6(16(13)14)1-2-8(7)15-4-3-9(11)12/h1-2,5H,3-4H2,(H,11,12)(H,13,14). The Kier molecular flexibility index (Phi) is 4.72. The van der Waals surface area contributed by atoms with Gasteiger partial charge in [0.15, 0.2) is 11.1 Å². The van der Waals surface area contributed by atoms with Crippen LogP contribution >= 0.6 is 11.6 Å². The first kappa shape index (κ1) is 13.0. The highest BCUT2D eigenvalue weighted by Crippen LogP contribution is 2.26. The maximum absolute atomic E-state index is 10.7. The van der Waals surface area contributed by atoms with Crippen LogP contribution in [-0.4, -0.2) is 26.4 Å². The first-order valence-electron chi connectivity index (χ1n) is 4.25. The van der Waals surface area contributed by atoms with Crippen molar-refractivity contribution in [2.75, 3.05) is 6.61 Å². The van der Waals surface area contributed by atoms with Gasteiger partial charge >= 0.3 is 5.97 Å². The smallest absolute Gasteiger partial charge is 0.306 e. The molecule has 7 heteroatoms. The van der Waals surface area contributed by atoms with Crippen LogP contribution in [0, 0.1) is 0 Å². The van der Waals surface area contributed by atoms with Crippen LogP contribution in [0.2, 0.25) is 5.02 Å². The second-order valence-electron chi connectivity index (χ2n) is 2.83. The fourth-order valence-electron chi connectivity index (χ4n) is 0.956. The van der Waals surface area contributed by atoms with Crippen molar-refractivity contribution >= 4 is 28.7 Å². The van der Waals surface area contributed by atoms with Crippen molar-refractivity contribution in [3.8, 4) is 5.75 Å². The van der Waals surface area contributed by atoms with Gasteiger partial charge in [0.1, 0.15) is 5.75 Å². The lowest BCUT2D eigenvalue weighted by Gasteiger charge is -2.07. The van der Waals surface area contributed by atoms with E-state index in [1.807, 2.05) is 0 Å². The van der Waals surface area contributed by atoms with E-state index >= 15 is 0 Å². The third-order valence-electron chi connectivity index (χ3n) is 1.68. The third-order valence-corrected chi connectivity index (χ3v) is 2.63. The molecule has 0 aromatic heterocycles. The summed E-state index contributed by atoms with van der Waals surface area (Å²) in [7, 11) is 0. The molecule has 1 rings (SSSR count). The van der Waals surface area contributed by atoms with Gasteiger partial charge in [-0.25, -0.2) is 4.21 Å². The van der Waals surface area contributed by atoms with E-state index in [9.17, 15) is 9.00 Å². The van der Waals surface area contributed by atoms with Crippen LogP contribution < -0.4 is 4.74 Å². The molecule has 16 heavy (non-hydrogen) atoms. The minimum absolute atomic E-state index is 0.00336. The Balaban J connectivity index is 2.68. The van der Waals surface area contributed by atoms with E-state index in [1.54, 1.807) is 0 Å². The molecule has 5 nitrogen and oxygen atoms in total. The number of aliphatic carboxylic acids is 1. The number of carboxylic acid groups (broad SMARTS) is 1. The Morgan fingerprint density at radius 1 is 1.50 bits per heavy atom. The average molecular weight is 265 g/mol. The minimum atomic E-state index is -2.09. The van der Waals surface area contributed by atoms with E-state index in [2.05, 4.69) is 0 Å². The second kappa shape index (κ2) is 5.83. The maximum atomic E-state index is 10.7. The first-order valence-corrected chi connectivity index (χ1v) is 5.74. The summed E-state index contributed by atoms with van der Waals surface area (Å²) in [6, 6.07) is 4.11. The topological polar surface area (TPSA) is 83.8 Å². The highest BCUT2D eigenvalue weighted by molar-refractivity contribution is 7.79. The lowest BCUT2D eigenvalue weighted by Crippen LogP contribution is -2.05. The van der Waals surface area contributed by atoms with Gasteiger partial charge in [-0.05, 0) is 18.2 Å². The summed E-state index contributed by atoms with van der Waals surface area (Å²) >= 11 is 3.68. The molecule has 88 valence electrons. The van der Waals surface area contributed by atoms with E-state index in [0.29, 0.717) is 0 Å². The summed E-state index contributed by atoms with van der Waals surface area (Å²) in [6.07, 6.45) is -0.135. The van der Waals surface area contributed by atoms with Crippen LogP contribution in [0.1, 0.15) is 6.42 Å². The Hall–Kier alpha value is -1.11. The van der Waals surface area contributed by atoms with Crippen LogP contribution in [0.3, 0.4) is 0 Å². The lowest BCUT2D eigenvalue weighted by molar-refractivity contribution is -0.137. The summed E-state index contributed by atoms with van der Waals surface area (Å²) in [5, 5.41) is 8.56. The highest BCUT2D eigenvalue weighted by atomic mass is 35.5. The zero-order valence-corrected chi connectivity index (χ0v) is 9.62. The van der Waals surface area contributed by atoms with Crippen molar-refractivity contribution < 1.29 is 23.4 Å². The zero-order chi connectivity index (χ0) is 12.1. The van der Waals surface area contributed by atoms with Crippen molar-refractivity contribution in [1.29, 1.82) is 0 Å². The monoisotopic (exact) mass is 264 g/mol. The predicted octanol–water partition coefficient (Wildman–Crippen LogP) is 1.77. The molecule has 1 unspecified atom stereocenters. The van der Waals surface area contributed by atoms with E-state index < -0.39 is 17.0 Å². The molecular weight excluding hydrogens is 256 g/mol. The molecule has 0 fully saturated rings. The molecule has 1 atom stereocenters. The molecule has 0 aliphatic rings. The molecule has 0 aliphatic carbocycles. The molecule has 0 saturated heterocycles. The number of carboxylic acids is 1. The summed E-state index contributed by atoms with van der Waals surface area (Å²) in [6.45, 7) is -0.00336. The molecule has 0 radical (unpaired) electrons. The van der Waals surface area contributed by atoms with Gasteiger partial charge in [-0.1, -0.05) is 11.6 Å². The lowest BCUT2D eigenvalue weighted by atomic mass is 10.3. The summed E-state index contributed by atoms with van der Waals surface area (Å²) in [5.41, 5.74) is 0. The van der Waals surface area contributed by atoms with Crippen molar-refractivity contribution in [2.45, 2.75) is 11.3 Å². The van der Waals surface area contributed by atoms with Crippen molar-refractivity contribution in [3.05, 3.63) is 23.2 Å². The molecule has 0 amide bonds. The minimum Gasteiger partial charge on any atom is -0.491 e. The van der Waals surface area contributed by atoms with Gasteiger partial charge < -0.3 is 14.4 Å². The van der Waals surface area contributed by atoms with Crippen LogP contribution in [0.15, 0.2) is 23.1 Å². The number of ether oxygens (including phenoxy) is 1. The van der Waals surface area contributed by atoms with Gasteiger partial charge in [0.2, 0.25) is 0 Å². The van der Waals surface area contributed by atoms with Crippen molar-refractivity contribution in [1.82, 2.24) is 0 Å². The van der Waals surface area contributed by atoms with Crippen LogP contribution in [-0.2, 0) is 15.9 Å². The summed E-state index contributed by atoms with van der Waals surface area (Å²) in [4.78, 5) is 10.4. The number of hydrogen-bond acceptors (Lipinski definition) is 3. The van der Waals surface area contributed by atoms with Gasteiger partial charge in [0.05, 0.1) is 22.9 Å². The molecule has 2 N–H and O–H groups in total. The number of benzene rings is 1. The quantitative estimate of drug-likeness (QED) is 0.792. The molecular formula is C9H9ClO5S. The van der Waals surface area contributed by atoms with Gasteiger partial charge in [0, 0.05) is 0 Å². The number of carbonyl (C=O) groups is 1. The molecule has 0 heterocycles. The number of halogens is 1. The maximum Gasteiger partial charge on any atom is 0.306 e. The fourth-order valence-corrected chi connectivity index (χ4v) is 1.66. The average Bonchev–Trinajstić information content (AvgIpc) is 2.19. The van der Waals surface area contributed by atoms with Crippen molar-refractivity contribution in [3.63, 3.8) is 0 Å². The van der Waals surface area contributed by atoms with Crippen LogP contribution in [0.25, 0.3) is 0 Å². The van der Waals surface area contributed by atoms with Crippen LogP contribution in [0.5, 0.6) is 5.75 Å². The van der Waals surface area contributed by atoms with Gasteiger partial charge in [-0.15, -0.1) is 0 Å². The predicted molar refractivity (Wildman–Crippen MR) is 58.2 cm³/mol. The van der Waals surface area contributed by atoms with E-state index in [0.717, 1.165) is 0 Å². The molecule has 1 aromatic rings. The van der Waals surface area contributed by atoms with E-state index in [-0.39, 0.29) is 28.7 Å². The Morgan fingerprint density at radius 3 is 2.69 bits per heavy atom. The van der Waals surface area contributed by atoms with E-state index in [4.69, 9.17) is 26.0 Å². The first-order chi connectivity index (χ1) is 7.50. The Labute approximate surface area is 99.3 Å². The van der Waals surface area contributed by atoms with Gasteiger partial charge in [-0.2, -0.15) is 0 Å².